The highest BCUT2D eigenvalue weighted by molar-refractivity contribution is 5.42. The van der Waals surface area contributed by atoms with Gasteiger partial charge in [0.15, 0.2) is 0 Å². The zero-order valence-corrected chi connectivity index (χ0v) is 9.74. The minimum Gasteiger partial charge on any atom is -0.328 e. The van der Waals surface area contributed by atoms with Crippen molar-refractivity contribution in [1.29, 1.82) is 0 Å². The Morgan fingerprint density at radius 2 is 2.00 bits per heavy atom. The first-order valence-corrected chi connectivity index (χ1v) is 5.75. The normalized spacial score (nSPS) is 18.9. The fourth-order valence-electron chi connectivity index (χ4n) is 1.85. The quantitative estimate of drug-likeness (QED) is 0.852. The number of hydrogen-bond acceptors (Lipinski definition) is 4. The van der Waals surface area contributed by atoms with E-state index >= 15 is 0 Å². The Balaban J connectivity index is 2.01. The SMILES string of the molecule is NC1CCN(Nc2ccnc(C(F)(F)F)c2)CC1. The number of halogens is 3. The number of piperidine rings is 1. The molecule has 1 aromatic heterocycles. The van der Waals surface area contributed by atoms with Crippen molar-refractivity contribution < 1.29 is 13.2 Å². The summed E-state index contributed by atoms with van der Waals surface area (Å²) in [5.74, 6) is 0. The van der Waals surface area contributed by atoms with Crippen molar-refractivity contribution in [3.05, 3.63) is 24.0 Å². The van der Waals surface area contributed by atoms with Gasteiger partial charge in [-0.15, -0.1) is 0 Å². The van der Waals surface area contributed by atoms with Crippen LogP contribution < -0.4 is 11.2 Å². The minimum atomic E-state index is -4.41. The van der Waals surface area contributed by atoms with Crippen molar-refractivity contribution in [2.45, 2.75) is 25.1 Å². The van der Waals surface area contributed by atoms with Gasteiger partial charge in [-0.1, -0.05) is 0 Å². The van der Waals surface area contributed by atoms with E-state index in [4.69, 9.17) is 5.73 Å². The van der Waals surface area contributed by atoms with Gasteiger partial charge < -0.3 is 11.2 Å². The van der Waals surface area contributed by atoms with Gasteiger partial charge in [0.25, 0.3) is 0 Å². The van der Waals surface area contributed by atoms with Gasteiger partial charge in [-0.3, -0.25) is 4.98 Å². The van der Waals surface area contributed by atoms with Gasteiger partial charge in [-0.2, -0.15) is 13.2 Å². The number of rotatable bonds is 2. The first kappa shape index (κ1) is 13.1. The third kappa shape index (κ3) is 3.33. The van der Waals surface area contributed by atoms with Crippen LogP contribution in [0.15, 0.2) is 18.3 Å². The number of aromatic nitrogens is 1. The maximum Gasteiger partial charge on any atom is 0.433 e. The molecule has 2 heterocycles. The van der Waals surface area contributed by atoms with Crippen LogP contribution in [-0.2, 0) is 6.18 Å². The van der Waals surface area contributed by atoms with Crippen molar-refractivity contribution in [2.75, 3.05) is 18.5 Å². The van der Waals surface area contributed by atoms with E-state index < -0.39 is 11.9 Å². The Morgan fingerprint density at radius 3 is 2.61 bits per heavy atom. The molecule has 0 bridgehead atoms. The summed E-state index contributed by atoms with van der Waals surface area (Å²) in [4.78, 5) is 3.31. The molecule has 3 N–H and O–H groups in total. The predicted octanol–water partition coefficient (Wildman–Crippen LogP) is 1.85. The Hall–Kier alpha value is -1.34. The van der Waals surface area contributed by atoms with E-state index in [1.807, 2.05) is 5.01 Å². The molecular weight excluding hydrogens is 245 g/mol. The van der Waals surface area contributed by atoms with Crippen LogP contribution in [0.5, 0.6) is 0 Å². The summed E-state index contributed by atoms with van der Waals surface area (Å²) in [6.45, 7) is 1.45. The molecule has 0 atom stereocenters. The standard InChI is InChI=1S/C11H15F3N4/c12-11(13,14)10-7-9(1-4-16-10)17-18-5-2-8(15)3-6-18/h1,4,7-8H,2-3,5-6,15H2,(H,16,17). The fraction of sp³-hybridized carbons (Fsp3) is 0.545. The number of pyridine rings is 1. The Labute approximate surface area is 103 Å². The van der Waals surface area contributed by atoms with Crippen molar-refractivity contribution >= 4 is 5.69 Å². The van der Waals surface area contributed by atoms with E-state index in [2.05, 4.69) is 10.4 Å². The van der Waals surface area contributed by atoms with Gasteiger partial charge in [0.1, 0.15) is 5.69 Å². The zero-order valence-electron chi connectivity index (χ0n) is 9.74. The van der Waals surface area contributed by atoms with Crippen LogP contribution in [0, 0.1) is 0 Å². The molecule has 0 unspecified atom stereocenters. The summed E-state index contributed by atoms with van der Waals surface area (Å²) in [7, 11) is 0. The third-order valence-corrected chi connectivity index (χ3v) is 2.88. The summed E-state index contributed by atoms with van der Waals surface area (Å²) in [6, 6.07) is 2.71. The second-order valence-corrected chi connectivity index (χ2v) is 4.36. The van der Waals surface area contributed by atoms with E-state index in [0.717, 1.165) is 38.2 Å². The lowest BCUT2D eigenvalue weighted by molar-refractivity contribution is -0.141. The number of anilines is 1. The van der Waals surface area contributed by atoms with Crippen molar-refractivity contribution in [3.63, 3.8) is 0 Å². The molecule has 2 rings (SSSR count). The van der Waals surface area contributed by atoms with E-state index in [1.54, 1.807) is 0 Å². The van der Waals surface area contributed by atoms with Crippen LogP contribution in [0.25, 0.3) is 0 Å². The lowest BCUT2D eigenvalue weighted by Crippen LogP contribution is -2.42. The largest absolute Gasteiger partial charge is 0.433 e. The molecule has 100 valence electrons. The first-order valence-electron chi connectivity index (χ1n) is 5.75. The molecule has 7 heteroatoms. The van der Waals surface area contributed by atoms with Crippen LogP contribution in [0.2, 0.25) is 0 Å². The number of hydrazine groups is 1. The number of nitrogens with one attached hydrogen (secondary N) is 1. The molecule has 0 spiro atoms. The number of nitrogens with zero attached hydrogens (tertiary/aromatic N) is 2. The summed E-state index contributed by atoms with van der Waals surface area (Å²) in [5.41, 5.74) is 8.22. The molecule has 1 fully saturated rings. The molecule has 0 aliphatic carbocycles. The third-order valence-electron chi connectivity index (χ3n) is 2.88. The maximum absolute atomic E-state index is 12.5. The highest BCUT2D eigenvalue weighted by Gasteiger charge is 2.32. The predicted molar refractivity (Wildman–Crippen MR) is 61.6 cm³/mol. The average Bonchev–Trinajstić information content (AvgIpc) is 2.31. The molecule has 4 nitrogen and oxygen atoms in total. The van der Waals surface area contributed by atoms with Gasteiger partial charge in [-0.05, 0) is 25.0 Å². The van der Waals surface area contributed by atoms with Crippen LogP contribution in [0.3, 0.4) is 0 Å². The van der Waals surface area contributed by atoms with Gasteiger partial charge in [0.2, 0.25) is 0 Å². The first-order chi connectivity index (χ1) is 8.45. The maximum atomic E-state index is 12.5. The second-order valence-electron chi connectivity index (χ2n) is 4.36. The van der Waals surface area contributed by atoms with Gasteiger partial charge >= 0.3 is 6.18 Å². The summed E-state index contributed by atoms with van der Waals surface area (Å²) in [5, 5.41) is 1.87. The van der Waals surface area contributed by atoms with E-state index in [0.29, 0.717) is 5.69 Å². The molecule has 0 aromatic carbocycles. The van der Waals surface area contributed by atoms with Crippen LogP contribution in [0.4, 0.5) is 18.9 Å². The molecule has 1 aromatic rings. The van der Waals surface area contributed by atoms with Crippen LogP contribution in [-0.4, -0.2) is 29.1 Å². The lowest BCUT2D eigenvalue weighted by Gasteiger charge is -2.31. The monoisotopic (exact) mass is 260 g/mol. The van der Waals surface area contributed by atoms with Crippen molar-refractivity contribution in [2.24, 2.45) is 5.73 Å². The Kier molecular flexibility index (Phi) is 3.72. The molecule has 1 aliphatic heterocycles. The second kappa shape index (κ2) is 5.11. The number of nitrogens with two attached hydrogens (primary N) is 1. The minimum absolute atomic E-state index is 0.186. The van der Waals surface area contributed by atoms with Crippen LogP contribution >= 0.6 is 0 Å². The van der Waals surface area contributed by atoms with Crippen molar-refractivity contribution in [1.82, 2.24) is 9.99 Å². The Bertz CT molecular complexity index is 400. The fourth-order valence-corrected chi connectivity index (χ4v) is 1.85. The molecule has 0 radical (unpaired) electrons. The van der Waals surface area contributed by atoms with E-state index in [1.165, 1.54) is 6.07 Å². The highest BCUT2D eigenvalue weighted by Crippen LogP contribution is 2.29. The van der Waals surface area contributed by atoms with Gasteiger partial charge in [0, 0.05) is 25.3 Å². The summed E-state index contributed by atoms with van der Waals surface area (Å²) < 4.78 is 37.4. The molecule has 0 saturated carbocycles. The molecule has 1 aliphatic rings. The van der Waals surface area contributed by atoms with E-state index in [9.17, 15) is 13.2 Å². The lowest BCUT2D eigenvalue weighted by atomic mass is 10.1. The zero-order chi connectivity index (χ0) is 13.2. The smallest absolute Gasteiger partial charge is 0.328 e. The van der Waals surface area contributed by atoms with Crippen LogP contribution in [0.1, 0.15) is 18.5 Å². The molecule has 18 heavy (non-hydrogen) atoms. The summed E-state index contributed by atoms with van der Waals surface area (Å²) in [6.07, 6.45) is -1.59. The van der Waals surface area contributed by atoms with Gasteiger partial charge in [-0.25, -0.2) is 5.01 Å². The van der Waals surface area contributed by atoms with Gasteiger partial charge in [0.05, 0.1) is 5.69 Å². The summed E-state index contributed by atoms with van der Waals surface area (Å²) >= 11 is 0. The molecular formula is C11H15F3N4. The number of alkyl halides is 3. The van der Waals surface area contributed by atoms with Crippen molar-refractivity contribution in [3.8, 4) is 0 Å². The molecule has 1 saturated heterocycles. The van der Waals surface area contributed by atoms with E-state index in [-0.39, 0.29) is 6.04 Å². The number of hydrogen-bond donors (Lipinski definition) is 2. The topological polar surface area (TPSA) is 54.2 Å². The average molecular weight is 260 g/mol. The Morgan fingerprint density at radius 1 is 1.33 bits per heavy atom. The highest BCUT2D eigenvalue weighted by atomic mass is 19.4. The molecule has 0 amide bonds.